The van der Waals surface area contributed by atoms with Crippen LogP contribution in [0.25, 0.3) is 11.5 Å². The molecule has 122 valence electrons. The van der Waals surface area contributed by atoms with E-state index in [1.165, 1.54) is 0 Å². The smallest absolute Gasteiger partial charge is 0.270 e. The van der Waals surface area contributed by atoms with Gasteiger partial charge in [0.15, 0.2) is 6.61 Å². The van der Waals surface area contributed by atoms with E-state index in [0.29, 0.717) is 16.3 Å². The molecular weight excluding hydrogens is 330 g/mol. The van der Waals surface area contributed by atoms with E-state index in [2.05, 4.69) is 15.5 Å². The Morgan fingerprint density at radius 3 is 2.88 bits per heavy atom. The molecule has 1 heterocycles. The number of hydrogen-bond donors (Lipinski definition) is 1. The first-order valence-corrected chi connectivity index (χ1v) is 7.57. The summed E-state index contributed by atoms with van der Waals surface area (Å²) < 4.78 is 10.6. The Morgan fingerprint density at radius 2 is 2.08 bits per heavy atom. The Labute approximate surface area is 143 Å². The van der Waals surface area contributed by atoms with Crippen molar-refractivity contribution < 1.29 is 14.1 Å². The molecule has 3 rings (SSSR count). The van der Waals surface area contributed by atoms with Crippen molar-refractivity contribution in [1.29, 1.82) is 0 Å². The first-order chi connectivity index (χ1) is 11.6. The van der Waals surface area contributed by atoms with Crippen molar-refractivity contribution in [2.45, 2.75) is 6.92 Å². The minimum Gasteiger partial charge on any atom is -0.483 e. The summed E-state index contributed by atoms with van der Waals surface area (Å²) in [4.78, 5) is 16.0. The third-order valence-corrected chi connectivity index (χ3v) is 3.44. The van der Waals surface area contributed by atoms with Gasteiger partial charge in [0.2, 0.25) is 0 Å². The lowest BCUT2D eigenvalue weighted by atomic mass is 10.2. The molecule has 1 amide bonds. The fraction of sp³-hybridized carbons (Fsp3) is 0.118. The molecule has 0 aliphatic carbocycles. The topological polar surface area (TPSA) is 77.2 Å². The molecule has 0 fully saturated rings. The van der Waals surface area contributed by atoms with E-state index >= 15 is 0 Å². The second kappa shape index (κ2) is 7.14. The molecule has 0 atom stereocenters. The van der Waals surface area contributed by atoms with Crippen LogP contribution in [0.1, 0.15) is 5.56 Å². The lowest BCUT2D eigenvalue weighted by molar-refractivity contribution is -0.118. The standard InChI is InChI=1S/C17H14ClN3O3/c1-11-5-2-3-8-14(11)23-10-15(22)19-17-20-16(24-21-17)12-6-4-7-13(18)9-12/h2-9H,10H2,1H3,(H,19,21,22). The summed E-state index contributed by atoms with van der Waals surface area (Å²) >= 11 is 5.92. The number of ether oxygens (including phenoxy) is 1. The predicted molar refractivity (Wildman–Crippen MR) is 90.0 cm³/mol. The van der Waals surface area contributed by atoms with E-state index in [9.17, 15) is 4.79 Å². The van der Waals surface area contributed by atoms with Crippen LogP contribution < -0.4 is 10.1 Å². The van der Waals surface area contributed by atoms with Crippen LogP contribution in [-0.4, -0.2) is 22.7 Å². The summed E-state index contributed by atoms with van der Waals surface area (Å²) in [5, 5.41) is 6.80. The highest BCUT2D eigenvalue weighted by atomic mass is 35.5. The van der Waals surface area contributed by atoms with Gasteiger partial charge in [-0.05, 0) is 41.9 Å². The van der Waals surface area contributed by atoms with Crippen LogP contribution in [0.4, 0.5) is 5.95 Å². The number of benzene rings is 2. The van der Waals surface area contributed by atoms with Gasteiger partial charge in [0.05, 0.1) is 0 Å². The zero-order valence-electron chi connectivity index (χ0n) is 12.8. The lowest BCUT2D eigenvalue weighted by Crippen LogP contribution is -2.21. The van der Waals surface area contributed by atoms with Crippen LogP contribution >= 0.6 is 11.6 Å². The number of amides is 1. The van der Waals surface area contributed by atoms with Gasteiger partial charge in [0.25, 0.3) is 17.7 Å². The van der Waals surface area contributed by atoms with Crippen LogP contribution in [0, 0.1) is 6.92 Å². The molecule has 0 spiro atoms. The molecule has 1 aromatic heterocycles. The molecule has 0 aliphatic heterocycles. The number of nitrogens with one attached hydrogen (secondary N) is 1. The van der Waals surface area contributed by atoms with Crippen LogP contribution in [-0.2, 0) is 4.79 Å². The van der Waals surface area contributed by atoms with Gasteiger partial charge >= 0.3 is 0 Å². The van der Waals surface area contributed by atoms with E-state index in [4.69, 9.17) is 20.9 Å². The quantitative estimate of drug-likeness (QED) is 0.764. The molecule has 0 aliphatic rings. The number of rotatable bonds is 5. The monoisotopic (exact) mass is 343 g/mol. The summed E-state index contributed by atoms with van der Waals surface area (Å²) in [5.41, 5.74) is 1.62. The minimum atomic E-state index is -0.378. The number of anilines is 1. The molecule has 7 heteroatoms. The number of aromatic nitrogens is 2. The number of nitrogens with zero attached hydrogens (tertiary/aromatic N) is 2. The summed E-state index contributed by atoms with van der Waals surface area (Å²) in [6, 6.07) is 14.4. The maximum absolute atomic E-state index is 11.9. The Hall–Kier alpha value is -2.86. The zero-order valence-corrected chi connectivity index (χ0v) is 13.6. The number of hydrogen-bond acceptors (Lipinski definition) is 5. The zero-order chi connectivity index (χ0) is 16.9. The van der Waals surface area contributed by atoms with Crippen LogP contribution in [0.2, 0.25) is 5.02 Å². The third-order valence-electron chi connectivity index (χ3n) is 3.20. The van der Waals surface area contributed by atoms with Gasteiger partial charge < -0.3 is 9.26 Å². The molecule has 1 N–H and O–H groups in total. The van der Waals surface area contributed by atoms with Crippen molar-refractivity contribution in [2.75, 3.05) is 11.9 Å². The van der Waals surface area contributed by atoms with Gasteiger partial charge in [-0.2, -0.15) is 4.98 Å². The fourth-order valence-corrected chi connectivity index (χ4v) is 2.23. The maximum Gasteiger partial charge on any atom is 0.270 e. The SMILES string of the molecule is Cc1ccccc1OCC(=O)Nc1noc(-c2cccc(Cl)c2)n1. The lowest BCUT2D eigenvalue weighted by Gasteiger charge is -2.07. The molecule has 0 radical (unpaired) electrons. The Balaban J connectivity index is 1.60. The predicted octanol–water partition coefficient (Wildman–Crippen LogP) is 3.72. The van der Waals surface area contributed by atoms with E-state index < -0.39 is 0 Å². The minimum absolute atomic E-state index is 0.0726. The molecule has 3 aromatic rings. The molecule has 2 aromatic carbocycles. The van der Waals surface area contributed by atoms with Crippen molar-refractivity contribution in [3.05, 3.63) is 59.1 Å². The molecule has 0 saturated carbocycles. The summed E-state index contributed by atoms with van der Waals surface area (Å²) in [6.45, 7) is 1.76. The normalized spacial score (nSPS) is 10.4. The first kappa shape index (κ1) is 16.0. The second-order valence-corrected chi connectivity index (χ2v) is 5.47. The van der Waals surface area contributed by atoms with Crippen molar-refractivity contribution in [2.24, 2.45) is 0 Å². The first-order valence-electron chi connectivity index (χ1n) is 7.20. The molecule has 0 unspecified atom stereocenters. The van der Waals surface area contributed by atoms with E-state index in [-0.39, 0.29) is 24.4 Å². The van der Waals surface area contributed by atoms with Crippen molar-refractivity contribution in [1.82, 2.24) is 10.1 Å². The molecule has 6 nitrogen and oxygen atoms in total. The highest BCUT2D eigenvalue weighted by Crippen LogP contribution is 2.22. The molecule has 24 heavy (non-hydrogen) atoms. The summed E-state index contributed by atoms with van der Waals surface area (Å²) in [6.07, 6.45) is 0. The number of carbonyl (C=O) groups excluding carboxylic acids is 1. The van der Waals surface area contributed by atoms with Crippen LogP contribution in [0.15, 0.2) is 53.1 Å². The number of carbonyl (C=O) groups is 1. The van der Waals surface area contributed by atoms with E-state index in [0.717, 1.165) is 5.56 Å². The highest BCUT2D eigenvalue weighted by molar-refractivity contribution is 6.30. The average Bonchev–Trinajstić information content (AvgIpc) is 3.02. The van der Waals surface area contributed by atoms with Gasteiger partial charge in [-0.15, -0.1) is 0 Å². The largest absolute Gasteiger partial charge is 0.483 e. The fourth-order valence-electron chi connectivity index (χ4n) is 2.04. The second-order valence-electron chi connectivity index (χ2n) is 5.04. The van der Waals surface area contributed by atoms with Crippen molar-refractivity contribution >= 4 is 23.5 Å². The Bertz CT molecular complexity index is 864. The Morgan fingerprint density at radius 1 is 1.25 bits per heavy atom. The van der Waals surface area contributed by atoms with Gasteiger partial charge in [-0.1, -0.05) is 35.9 Å². The van der Waals surface area contributed by atoms with Gasteiger partial charge in [-0.25, -0.2) is 0 Å². The molecule has 0 saturated heterocycles. The maximum atomic E-state index is 11.9. The van der Waals surface area contributed by atoms with Crippen molar-refractivity contribution in [3.63, 3.8) is 0 Å². The van der Waals surface area contributed by atoms with Crippen LogP contribution in [0.3, 0.4) is 0 Å². The van der Waals surface area contributed by atoms with Crippen molar-refractivity contribution in [3.8, 4) is 17.2 Å². The van der Waals surface area contributed by atoms with Crippen LogP contribution in [0.5, 0.6) is 5.75 Å². The van der Waals surface area contributed by atoms with Gasteiger partial charge in [0, 0.05) is 10.6 Å². The molecule has 0 bridgehead atoms. The number of aryl methyl sites for hydroxylation is 1. The summed E-state index contributed by atoms with van der Waals surface area (Å²) in [5.74, 6) is 0.619. The third kappa shape index (κ3) is 3.91. The van der Waals surface area contributed by atoms with E-state index in [1.807, 2.05) is 25.1 Å². The van der Waals surface area contributed by atoms with E-state index in [1.54, 1.807) is 30.3 Å². The van der Waals surface area contributed by atoms with Gasteiger partial charge in [0.1, 0.15) is 5.75 Å². The highest BCUT2D eigenvalue weighted by Gasteiger charge is 2.12. The number of para-hydroxylation sites is 1. The molecular formula is C17H14ClN3O3. The Kier molecular flexibility index (Phi) is 4.77. The number of halogens is 1. The average molecular weight is 344 g/mol. The van der Waals surface area contributed by atoms with Gasteiger partial charge in [-0.3, -0.25) is 10.1 Å². The summed E-state index contributed by atoms with van der Waals surface area (Å²) in [7, 11) is 0.